The van der Waals surface area contributed by atoms with Gasteiger partial charge >= 0.3 is 5.97 Å². The lowest BCUT2D eigenvalue weighted by Crippen LogP contribution is -2.38. The van der Waals surface area contributed by atoms with Crippen molar-refractivity contribution in [2.75, 3.05) is 20.3 Å². The summed E-state index contributed by atoms with van der Waals surface area (Å²) in [5.74, 6) is -1.14. The topological polar surface area (TPSA) is 97.4 Å². The van der Waals surface area contributed by atoms with Crippen molar-refractivity contribution >= 4 is 23.5 Å². The molecule has 2 rings (SSSR count). The fraction of sp³-hybridized carbons (Fsp3) is 0.467. The lowest BCUT2D eigenvalue weighted by Gasteiger charge is -2.23. The molecule has 23 heavy (non-hydrogen) atoms. The summed E-state index contributed by atoms with van der Waals surface area (Å²) in [6, 6.07) is 2.80. The molecular weight excluding hydrogens is 326 g/mol. The van der Waals surface area contributed by atoms with Crippen molar-refractivity contribution in [1.29, 1.82) is 0 Å². The van der Waals surface area contributed by atoms with Crippen LogP contribution in [0.3, 0.4) is 0 Å². The Morgan fingerprint density at radius 1 is 1.43 bits per heavy atom. The van der Waals surface area contributed by atoms with Gasteiger partial charge in [0.15, 0.2) is 5.60 Å². The normalized spacial score (nSPS) is 16.6. The van der Waals surface area contributed by atoms with Gasteiger partial charge in [-0.2, -0.15) is 0 Å². The number of hydrogen-bond donors (Lipinski definition) is 2. The molecule has 2 N–H and O–H groups in total. The molecule has 1 aliphatic rings. The summed E-state index contributed by atoms with van der Waals surface area (Å²) < 4.78 is 16.1. The maximum Gasteiger partial charge on any atom is 0.347 e. The van der Waals surface area contributed by atoms with Gasteiger partial charge in [0.05, 0.1) is 17.2 Å². The number of aliphatic carboxylic acids is 1. The minimum atomic E-state index is -1.48. The van der Waals surface area contributed by atoms with Crippen LogP contribution in [-0.2, 0) is 9.53 Å². The second-order valence-corrected chi connectivity index (χ2v) is 5.95. The summed E-state index contributed by atoms with van der Waals surface area (Å²) >= 11 is 6.11. The van der Waals surface area contributed by atoms with Crippen LogP contribution in [-0.4, -0.2) is 48.9 Å². The molecule has 0 unspecified atom stereocenters. The highest BCUT2D eigenvalue weighted by Gasteiger charge is 2.31. The standard InChI is InChI=1S/C15H18ClNO6/c1-15(2,14(19)20)23-12-5-11(22-7-8-6-21-8)9(4-10(12)16)13(18)17-3/h4-5,8H,6-7H2,1-3H3,(H,17,18)(H,19,20)/t8-/m0/s1. The van der Waals surface area contributed by atoms with Crippen LogP contribution in [0, 0.1) is 0 Å². The Morgan fingerprint density at radius 3 is 2.61 bits per heavy atom. The molecule has 0 spiro atoms. The van der Waals surface area contributed by atoms with Gasteiger partial charge in [-0.05, 0) is 19.9 Å². The highest BCUT2D eigenvalue weighted by Crippen LogP contribution is 2.35. The SMILES string of the molecule is CNC(=O)c1cc(Cl)c(OC(C)(C)C(=O)O)cc1OC[C@@H]1CO1. The molecule has 0 radical (unpaired) electrons. The fourth-order valence-corrected chi connectivity index (χ4v) is 1.91. The molecule has 8 heteroatoms. The van der Waals surface area contributed by atoms with Crippen LogP contribution in [0.5, 0.6) is 11.5 Å². The van der Waals surface area contributed by atoms with E-state index >= 15 is 0 Å². The van der Waals surface area contributed by atoms with E-state index < -0.39 is 11.6 Å². The molecule has 1 saturated heterocycles. The van der Waals surface area contributed by atoms with E-state index in [9.17, 15) is 9.59 Å². The van der Waals surface area contributed by atoms with Crippen molar-refractivity contribution in [3.63, 3.8) is 0 Å². The van der Waals surface area contributed by atoms with Gasteiger partial charge in [-0.25, -0.2) is 4.79 Å². The van der Waals surface area contributed by atoms with Crippen LogP contribution in [0.2, 0.25) is 5.02 Å². The zero-order valence-electron chi connectivity index (χ0n) is 13.0. The van der Waals surface area contributed by atoms with Crippen molar-refractivity contribution in [3.05, 3.63) is 22.7 Å². The van der Waals surface area contributed by atoms with Crippen LogP contribution in [0.4, 0.5) is 0 Å². The van der Waals surface area contributed by atoms with E-state index in [1.807, 2.05) is 0 Å². The van der Waals surface area contributed by atoms with Crippen LogP contribution in [0.1, 0.15) is 24.2 Å². The first-order chi connectivity index (χ1) is 10.7. The van der Waals surface area contributed by atoms with Crippen molar-refractivity contribution in [1.82, 2.24) is 5.32 Å². The summed E-state index contributed by atoms with van der Waals surface area (Å²) in [6.07, 6.45) is 0.00282. The highest BCUT2D eigenvalue weighted by atomic mass is 35.5. The molecule has 0 bridgehead atoms. The van der Waals surface area contributed by atoms with Gasteiger partial charge in [0.1, 0.15) is 24.2 Å². The van der Waals surface area contributed by atoms with Gasteiger partial charge in [-0.15, -0.1) is 0 Å². The van der Waals surface area contributed by atoms with Gasteiger partial charge in [0, 0.05) is 13.1 Å². The van der Waals surface area contributed by atoms with Crippen molar-refractivity contribution in [2.24, 2.45) is 0 Å². The Kier molecular flexibility index (Phi) is 5.01. The summed E-state index contributed by atoms with van der Waals surface area (Å²) in [5.41, 5.74) is -1.24. The zero-order valence-corrected chi connectivity index (χ0v) is 13.8. The first kappa shape index (κ1) is 17.4. The number of carbonyl (C=O) groups excluding carboxylic acids is 1. The average molecular weight is 344 g/mol. The molecule has 1 atom stereocenters. The Hall–Kier alpha value is -1.99. The van der Waals surface area contributed by atoms with Crippen LogP contribution in [0.15, 0.2) is 12.1 Å². The molecular formula is C15H18ClNO6. The van der Waals surface area contributed by atoms with E-state index in [0.29, 0.717) is 6.61 Å². The lowest BCUT2D eigenvalue weighted by molar-refractivity contribution is -0.152. The molecule has 0 aliphatic carbocycles. The van der Waals surface area contributed by atoms with E-state index in [1.54, 1.807) is 0 Å². The molecule has 1 aromatic carbocycles. The maximum atomic E-state index is 11.9. The van der Waals surface area contributed by atoms with Gasteiger partial charge in [0.25, 0.3) is 5.91 Å². The minimum absolute atomic E-state index is 0.00282. The van der Waals surface area contributed by atoms with Gasteiger partial charge in [0.2, 0.25) is 0 Å². The Morgan fingerprint density at radius 2 is 2.09 bits per heavy atom. The third-order valence-electron chi connectivity index (χ3n) is 3.21. The fourth-order valence-electron chi connectivity index (χ4n) is 1.71. The molecule has 126 valence electrons. The Balaban J connectivity index is 2.33. The quantitative estimate of drug-likeness (QED) is 0.732. The van der Waals surface area contributed by atoms with Crippen LogP contribution < -0.4 is 14.8 Å². The average Bonchev–Trinajstić information content (AvgIpc) is 3.30. The first-order valence-corrected chi connectivity index (χ1v) is 7.35. The summed E-state index contributed by atoms with van der Waals surface area (Å²) in [6.45, 7) is 3.69. The maximum absolute atomic E-state index is 11.9. The van der Waals surface area contributed by atoms with E-state index in [4.69, 9.17) is 30.9 Å². The van der Waals surface area contributed by atoms with Gasteiger partial charge < -0.3 is 24.6 Å². The van der Waals surface area contributed by atoms with Crippen molar-refractivity contribution in [2.45, 2.75) is 25.6 Å². The summed E-state index contributed by atoms with van der Waals surface area (Å²) in [7, 11) is 1.49. The smallest absolute Gasteiger partial charge is 0.347 e. The third kappa shape index (κ3) is 4.27. The third-order valence-corrected chi connectivity index (χ3v) is 3.51. The highest BCUT2D eigenvalue weighted by molar-refractivity contribution is 6.32. The Bertz CT molecular complexity index is 627. The number of epoxide rings is 1. The summed E-state index contributed by atoms with van der Waals surface area (Å²) in [5, 5.41) is 11.8. The Labute approximate surface area is 138 Å². The molecule has 1 aliphatic heterocycles. The second kappa shape index (κ2) is 6.64. The summed E-state index contributed by atoms with van der Waals surface area (Å²) in [4.78, 5) is 23.1. The molecule has 1 heterocycles. The minimum Gasteiger partial charge on any atom is -0.490 e. The molecule has 0 aromatic heterocycles. The second-order valence-electron chi connectivity index (χ2n) is 5.54. The van der Waals surface area contributed by atoms with Crippen molar-refractivity contribution in [3.8, 4) is 11.5 Å². The number of nitrogens with one attached hydrogen (secondary N) is 1. The molecule has 1 amide bonds. The number of hydrogen-bond acceptors (Lipinski definition) is 5. The number of carbonyl (C=O) groups is 2. The van der Waals surface area contributed by atoms with Crippen LogP contribution >= 0.6 is 11.6 Å². The number of ether oxygens (including phenoxy) is 3. The number of halogens is 1. The first-order valence-electron chi connectivity index (χ1n) is 6.97. The lowest BCUT2D eigenvalue weighted by atomic mass is 10.1. The van der Waals surface area contributed by atoms with E-state index in [-0.39, 0.29) is 40.7 Å². The van der Waals surface area contributed by atoms with Gasteiger partial charge in [-0.1, -0.05) is 11.6 Å². The number of carboxylic acids is 1. The molecule has 1 aromatic rings. The zero-order chi connectivity index (χ0) is 17.2. The molecule has 7 nitrogen and oxygen atoms in total. The molecule has 1 fully saturated rings. The van der Waals surface area contributed by atoms with E-state index in [1.165, 1.54) is 33.0 Å². The van der Waals surface area contributed by atoms with Crippen molar-refractivity contribution < 1.29 is 28.9 Å². The van der Waals surface area contributed by atoms with E-state index in [0.717, 1.165) is 0 Å². The predicted octanol–water partition coefficient (Wildman–Crippen LogP) is 1.72. The molecule has 0 saturated carbocycles. The van der Waals surface area contributed by atoms with E-state index in [2.05, 4.69) is 5.32 Å². The predicted molar refractivity (Wildman–Crippen MR) is 82.4 cm³/mol. The van der Waals surface area contributed by atoms with Crippen LogP contribution in [0.25, 0.3) is 0 Å². The number of rotatable bonds is 7. The number of amides is 1. The monoisotopic (exact) mass is 343 g/mol. The van der Waals surface area contributed by atoms with Gasteiger partial charge in [-0.3, -0.25) is 4.79 Å². The largest absolute Gasteiger partial charge is 0.490 e. The number of benzene rings is 1. The number of carboxylic acid groups (broad SMARTS) is 1.